The van der Waals surface area contributed by atoms with Gasteiger partial charge in [0.15, 0.2) is 0 Å². The fourth-order valence-corrected chi connectivity index (χ4v) is 3.24. The molecule has 0 N–H and O–H groups in total. The van der Waals surface area contributed by atoms with E-state index in [1.165, 1.54) is 5.56 Å². The zero-order valence-electron chi connectivity index (χ0n) is 17.9. The highest BCUT2D eigenvalue weighted by Crippen LogP contribution is 2.37. The fourth-order valence-electron chi connectivity index (χ4n) is 3.24. The zero-order chi connectivity index (χ0) is 21.4. The van der Waals surface area contributed by atoms with E-state index in [2.05, 4.69) is 13.8 Å². The molecule has 29 heavy (non-hydrogen) atoms. The minimum atomic E-state index is -0.548. The normalized spacial score (nSPS) is 14.5. The number of hydrogen-bond acceptors (Lipinski definition) is 6. The number of ether oxygens (including phenoxy) is 3. The Labute approximate surface area is 173 Å². The SMILES string of the molecule is CCOC(=O)C1=CN(CCOC)C=C(C(=O)OCC)C1c1ccc(C(C)C)cc1. The lowest BCUT2D eigenvalue weighted by molar-refractivity contribution is -0.139. The van der Waals surface area contributed by atoms with E-state index in [9.17, 15) is 9.59 Å². The molecule has 0 aromatic heterocycles. The van der Waals surface area contributed by atoms with Crippen LogP contribution in [0.25, 0.3) is 0 Å². The second-order valence-corrected chi connectivity index (χ2v) is 7.09. The molecule has 0 atom stereocenters. The Balaban J connectivity index is 2.52. The summed E-state index contributed by atoms with van der Waals surface area (Å²) < 4.78 is 15.7. The van der Waals surface area contributed by atoms with Crippen molar-refractivity contribution in [1.82, 2.24) is 4.90 Å². The molecule has 0 saturated heterocycles. The Morgan fingerprint density at radius 2 is 1.48 bits per heavy atom. The summed E-state index contributed by atoms with van der Waals surface area (Å²) in [6.07, 6.45) is 3.47. The van der Waals surface area contributed by atoms with Crippen LogP contribution in [0.5, 0.6) is 0 Å². The molecule has 1 aliphatic heterocycles. The van der Waals surface area contributed by atoms with E-state index in [0.717, 1.165) is 5.56 Å². The van der Waals surface area contributed by atoms with Crippen molar-refractivity contribution in [3.8, 4) is 0 Å². The van der Waals surface area contributed by atoms with Crippen molar-refractivity contribution in [2.45, 2.75) is 39.5 Å². The summed E-state index contributed by atoms with van der Waals surface area (Å²) in [7, 11) is 1.61. The quantitative estimate of drug-likeness (QED) is 0.587. The third-order valence-corrected chi connectivity index (χ3v) is 4.74. The Morgan fingerprint density at radius 1 is 0.966 bits per heavy atom. The summed E-state index contributed by atoms with van der Waals surface area (Å²) in [5.41, 5.74) is 2.85. The second-order valence-electron chi connectivity index (χ2n) is 7.09. The highest BCUT2D eigenvalue weighted by Gasteiger charge is 2.35. The van der Waals surface area contributed by atoms with E-state index in [1.54, 1.807) is 38.3 Å². The number of methoxy groups -OCH3 is 1. The summed E-state index contributed by atoms with van der Waals surface area (Å²) >= 11 is 0. The van der Waals surface area contributed by atoms with E-state index in [1.807, 2.05) is 24.3 Å². The van der Waals surface area contributed by atoms with Gasteiger partial charge in [-0.1, -0.05) is 38.1 Å². The predicted octanol–water partition coefficient (Wildman–Crippen LogP) is 3.75. The van der Waals surface area contributed by atoms with E-state index in [4.69, 9.17) is 14.2 Å². The number of esters is 2. The zero-order valence-corrected chi connectivity index (χ0v) is 17.9. The van der Waals surface area contributed by atoms with Gasteiger partial charge in [-0.05, 0) is 30.9 Å². The van der Waals surface area contributed by atoms with Crippen molar-refractivity contribution < 1.29 is 23.8 Å². The van der Waals surface area contributed by atoms with Crippen LogP contribution in [0.15, 0.2) is 47.8 Å². The van der Waals surface area contributed by atoms with Gasteiger partial charge in [0.25, 0.3) is 0 Å². The summed E-state index contributed by atoms with van der Waals surface area (Å²) in [6, 6.07) is 7.99. The molecule has 0 bridgehead atoms. The van der Waals surface area contributed by atoms with E-state index in [-0.39, 0.29) is 13.2 Å². The molecule has 2 rings (SSSR count). The van der Waals surface area contributed by atoms with Gasteiger partial charge >= 0.3 is 11.9 Å². The van der Waals surface area contributed by atoms with Crippen molar-refractivity contribution >= 4 is 11.9 Å². The molecule has 1 aromatic carbocycles. The first-order chi connectivity index (χ1) is 13.9. The molecule has 1 heterocycles. The molecular formula is C23H31NO5. The lowest BCUT2D eigenvalue weighted by atomic mass is 9.82. The molecule has 0 saturated carbocycles. The van der Waals surface area contributed by atoms with Crippen molar-refractivity contribution in [3.05, 3.63) is 58.9 Å². The van der Waals surface area contributed by atoms with Crippen LogP contribution in [0, 0.1) is 0 Å². The van der Waals surface area contributed by atoms with Crippen molar-refractivity contribution in [2.24, 2.45) is 0 Å². The van der Waals surface area contributed by atoms with Gasteiger partial charge in [0.05, 0.1) is 36.9 Å². The van der Waals surface area contributed by atoms with Crippen LogP contribution in [0.2, 0.25) is 0 Å². The Hall–Kier alpha value is -2.60. The molecule has 0 unspecified atom stereocenters. The minimum absolute atomic E-state index is 0.256. The van der Waals surface area contributed by atoms with Crippen LogP contribution in [0.1, 0.15) is 50.7 Å². The van der Waals surface area contributed by atoms with Gasteiger partial charge in [0.1, 0.15) is 0 Å². The Morgan fingerprint density at radius 3 is 1.90 bits per heavy atom. The van der Waals surface area contributed by atoms with E-state index in [0.29, 0.717) is 30.2 Å². The Bertz CT molecular complexity index is 728. The maximum absolute atomic E-state index is 12.8. The summed E-state index contributed by atoms with van der Waals surface area (Å²) in [5.74, 6) is -1.04. The number of benzene rings is 1. The molecule has 158 valence electrons. The molecule has 0 spiro atoms. The smallest absolute Gasteiger partial charge is 0.336 e. The summed E-state index contributed by atoms with van der Waals surface area (Å²) in [6.45, 7) is 9.23. The first kappa shape index (κ1) is 22.7. The average Bonchev–Trinajstić information content (AvgIpc) is 2.72. The summed E-state index contributed by atoms with van der Waals surface area (Å²) in [4.78, 5) is 27.3. The van der Waals surface area contributed by atoms with Crippen molar-refractivity contribution in [1.29, 1.82) is 0 Å². The summed E-state index contributed by atoms with van der Waals surface area (Å²) in [5, 5.41) is 0. The van der Waals surface area contributed by atoms with Gasteiger partial charge in [0, 0.05) is 26.1 Å². The topological polar surface area (TPSA) is 65.1 Å². The average molecular weight is 402 g/mol. The monoisotopic (exact) mass is 401 g/mol. The number of carbonyl (C=O) groups excluding carboxylic acids is 2. The van der Waals surface area contributed by atoms with Gasteiger partial charge in [-0.3, -0.25) is 0 Å². The number of carbonyl (C=O) groups is 2. The van der Waals surface area contributed by atoms with Gasteiger partial charge in [0.2, 0.25) is 0 Å². The maximum Gasteiger partial charge on any atom is 0.336 e. The molecule has 6 nitrogen and oxygen atoms in total. The standard InChI is InChI=1S/C23H31NO5/c1-6-28-22(25)19-14-24(12-13-27-5)15-20(23(26)29-7-2)21(19)18-10-8-17(9-11-18)16(3)4/h8-11,14-16,21H,6-7,12-13H2,1-5H3. The van der Waals surface area contributed by atoms with Gasteiger partial charge in [-0.25, -0.2) is 9.59 Å². The molecule has 1 aliphatic rings. The number of hydrogen-bond donors (Lipinski definition) is 0. The second kappa shape index (κ2) is 10.8. The molecular weight excluding hydrogens is 370 g/mol. The van der Waals surface area contributed by atoms with Crippen molar-refractivity contribution in [3.63, 3.8) is 0 Å². The lowest BCUT2D eigenvalue weighted by Gasteiger charge is -2.30. The highest BCUT2D eigenvalue weighted by molar-refractivity contribution is 5.98. The van der Waals surface area contributed by atoms with E-state index >= 15 is 0 Å². The van der Waals surface area contributed by atoms with Gasteiger partial charge in [-0.2, -0.15) is 0 Å². The van der Waals surface area contributed by atoms with Crippen LogP contribution >= 0.6 is 0 Å². The van der Waals surface area contributed by atoms with Crippen LogP contribution in [0.3, 0.4) is 0 Å². The van der Waals surface area contributed by atoms with Gasteiger partial charge < -0.3 is 19.1 Å². The molecule has 1 aromatic rings. The highest BCUT2D eigenvalue weighted by atomic mass is 16.5. The third-order valence-electron chi connectivity index (χ3n) is 4.74. The third kappa shape index (κ3) is 5.70. The van der Waals surface area contributed by atoms with Crippen LogP contribution in [-0.2, 0) is 23.8 Å². The molecule has 6 heteroatoms. The fraction of sp³-hybridized carbons (Fsp3) is 0.478. The van der Waals surface area contributed by atoms with Crippen LogP contribution in [0.4, 0.5) is 0 Å². The van der Waals surface area contributed by atoms with E-state index < -0.39 is 17.9 Å². The molecule has 0 amide bonds. The number of nitrogens with zero attached hydrogens (tertiary/aromatic N) is 1. The predicted molar refractivity (Wildman–Crippen MR) is 111 cm³/mol. The number of rotatable bonds is 9. The van der Waals surface area contributed by atoms with Crippen LogP contribution in [-0.4, -0.2) is 50.3 Å². The minimum Gasteiger partial charge on any atom is -0.463 e. The van der Waals surface area contributed by atoms with Gasteiger partial charge in [-0.15, -0.1) is 0 Å². The molecule has 0 radical (unpaired) electrons. The van der Waals surface area contributed by atoms with Crippen LogP contribution < -0.4 is 0 Å². The van der Waals surface area contributed by atoms with Crippen molar-refractivity contribution in [2.75, 3.05) is 33.5 Å². The maximum atomic E-state index is 12.8. The largest absolute Gasteiger partial charge is 0.463 e. The molecule has 0 fully saturated rings. The first-order valence-electron chi connectivity index (χ1n) is 10.0. The first-order valence-corrected chi connectivity index (χ1v) is 10.0. The Kier molecular flexibility index (Phi) is 8.46. The molecule has 0 aliphatic carbocycles. The lowest BCUT2D eigenvalue weighted by Crippen LogP contribution is -2.30.